The third-order valence-corrected chi connectivity index (χ3v) is 6.06. The number of carbonyl (C=O) groups excluding carboxylic acids is 1. The number of Topliss-reactive ketones (excluding diaryl/α,β-unsaturated/α-hetero) is 1. The van der Waals surface area contributed by atoms with Gasteiger partial charge in [-0.1, -0.05) is 72.3 Å². The molecule has 3 nitrogen and oxygen atoms in total. The minimum Gasteiger partial charge on any atom is -0.489 e. The number of carbonyl (C=O) groups is 1. The molecular formula is C29H20ClFO3. The summed E-state index contributed by atoms with van der Waals surface area (Å²) in [4.78, 5) is 13.0. The van der Waals surface area contributed by atoms with Crippen molar-refractivity contribution in [2.75, 3.05) is 0 Å². The first-order valence-electron chi connectivity index (χ1n) is 10.8. The molecular weight excluding hydrogens is 451 g/mol. The minimum atomic E-state index is -0.430. The fourth-order valence-electron chi connectivity index (χ4n) is 3.94. The fraction of sp³-hybridized carbons (Fsp3) is 0.0690. The SMILES string of the molecule is Cc1cc(OCc2c(F)cccc2Cl)cc2c1C(=O)/C(=C/c1ccc(-c3ccccc3)cc1)O2. The van der Waals surface area contributed by atoms with Gasteiger partial charge in [0.2, 0.25) is 5.78 Å². The van der Waals surface area contributed by atoms with E-state index in [2.05, 4.69) is 12.1 Å². The zero-order valence-corrected chi connectivity index (χ0v) is 19.1. The van der Waals surface area contributed by atoms with Gasteiger partial charge in [0, 0.05) is 11.6 Å². The van der Waals surface area contributed by atoms with E-state index in [4.69, 9.17) is 21.1 Å². The summed E-state index contributed by atoms with van der Waals surface area (Å²) in [7, 11) is 0. The van der Waals surface area contributed by atoms with Gasteiger partial charge in [-0.05, 0) is 53.5 Å². The number of allylic oxidation sites excluding steroid dienone is 1. The lowest BCUT2D eigenvalue weighted by atomic mass is 10.0. The molecule has 0 unspecified atom stereocenters. The van der Waals surface area contributed by atoms with Gasteiger partial charge < -0.3 is 9.47 Å². The van der Waals surface area contributed by atoms with Crippen LogP contribution in [0.5, 0.6) is 11.5 Å². The number of halogens is 2. The van der Waals surface area contributed by atoms with Crippen LogP contribution in [0.3, 0.4) is 0 Å². The van der Waals surface area contributed by atoms with E-state index in [0.717, 1.165) is 22.3 Å². The Balaban J connectivity index is 1.36. The van der Waals surface area contributed by atoms with E-state index >= 15 is 0 Å². The summed E-state index contributed by atoms with van der Waals surface area (Å²) in [6.07, 6.45) is 1.73. The van der Waals surface area contributed by atoms with Crippen molar-refractivity contribution in [3.05, 3.63) is 124 Å². The highest BCUT2D eigenvalue weighted by Crippen LogP contribution is 2.38. The van der Waals surface area contributed by atoms with E-state index in [1.165, 1.54) is 6.07 Å². The van der Waals surface area contributed by atoms with E-state index in [-0.39, 0.29) is 23.7 Å². The van der Waals surface area contributed by atoms with Crippen LogP contribution in [0.2, 0.25) is 5.02 Å². The Kier molecular flexibility index (Phi) is 5.91. The minimum absolute atomic E-state index is 0.0336. The molecule has 5 rings (SSSR count). The summed E-state index contributed by atoms with van der Waals surface area (Å²) in [6, 6.07) is 25.9. The average Bonchev–Trinajstić information content (AvgIpc) is 3.15. The Morgan fingerprint density at radius 1 is 0.941 bits per heavy atom. The number of hydrogen-bond acceptors (Lipinski definition) is 3. The summed E-state index contributed by atoms with van der Waals surface area (Å²) in [6.45, 7) is 1.79. The molecule has 0 fully saturated rings. The quantitative estimate of drug-likeness (QED) is 0.281. The van der Waals surface area contributed by atoms with Crippen LogP contribution in [-0.2, 0) is 6.61 Å². The van der Waals surface area contributed by atoms with Crippen LogP contribution in [0.1, 0.15) is 27.0 Å². The summed E-state index contributed by atoms with van der Waals surface area (Å²) in [5.41, 5.74) is 4.58. The molecule has 1 aliphatic heterocycles. The zero-order valence-electron chi connectivity index (χ0n) is 18.3. The van der Waals surface area contributed by atoms with Gasteiger partial charge in [0.15, 0.2) is 5.76 Å². The maximum atomic E-state index is 14.0. The lowest BCUT2D eigenvalue weighted by Gasteiger charge is -2.11. The highest BCUT2D eigenvalue weighted by Gasteiger charge is 2.30. The predicted octanol–water partition coefficient (Wildman–Crippen LogP) is 7.65. The summed E-state index contributed by atoms with van der Waals surface area (Å²) in [5.74, 6) is 0.534. The summed E-state index contributed by atoms with van der Waals surface area (Å²) >= 11 is 6.08. The summed E-state index contributed by atoms with van der Waals surface area (Å²) in [5, 5.41) is 0.299. The fourth-order valence-corrected chi connectivity index (χ4v) is 4.16. The van der Waals surface area contributed by atoms with Crippen molar-refractivity contribution in [3.63, 3.8) is 0 Å². The van der Waals surface area contributed by atoms with Crippen LogP contribution < -0.4 is 9.47 Å². The molecule has 0 amide bonds. The zero-order chi connectivity index (χ0) is 23.7. The molecule has 0 N–H and O–H groups in total. The summed E-state index contributed by atoms with van der Waals surface area (Å²) < 4.78 is 25.7. The van der Waals surface area contributed by atoms with E-state index in [1.54, 1.807) is 30.3 Å². The third kappa shape index (κ3) is 4.33. The molecule has 0 saturated heterocycles. The first-order chi connectivity index (χ1) is 16.5. The Bertz CT molecular complexity index is 1390. The van der Waals surface area contributed by atoms with Crippen molar-refractivity contribution < 1.29 is 18.7 Å². The molecule has 0 aliphatic carbocycles. The number of ketones is 1. The molecule has 1 aliphatic rings. The molecule has 4 aromatic carbocycles. The molecule has 4 aromatic rings. The lowest BCUT2D eigenvalue weighted by molar-refractivity contribution is 0.101. The average molecular weight is 471 g/mol. The highest BCUT2D eigenvalue weighted by atomic mass is 35.5. The third-order valence-electron chi connectivity index (χ3n) is 5.70. The number of aryl methyl sites for hydroxylation is 1. The Labute approximate surface area is 202 Å². The van der Waals surface area contributed by atoms with E-state index in [1.807, 2.05) is 49.4 Å². The molecule has 5 heteroatoms. The molecule has 34 heavy (non-hydrogen) atoms. The Hall–Kier alpha value is -3.89. The maximum absolute atomic E-state index is 14.0. The largest absolute Gasteiger partial charge is 0.489 e. The molecule has 0 saturated carbocycles. The van der Waals surface area contributed by atoms with Crippen molar-refractivity contribution in [3.8, 4) is 22.6 Å². The second-order valence-electron chi connectivity index (χ2n) is 8.03. The standard InChI is InChI=1S/C29H20ClFO3/c1-18-14-22(33-17-23-24(30)8-5-9-25(23)31)16-26-28(18)29(32)27(34-26)15-19-10-12-21(13-11-19)20-6-3-2-4-7-20/h2-16H,17H2,1H3/b27-15-. The van der Waals surface area contributed by atoms with E-state index < -0.39 is 5.82 Å². The van der Waals surface area contributed by atoms with E-state index in [0.29, 0.717) is 22.1 Å². The van der Waals surface area contributed by atoms with E-state index in [9.17, 15) is 9.18 Å². The molecule has 168 valence electrons. The molecule has 0 radical (unpaired) electrons. The van der Waals surface area contributed by atoms with Crippen LogP contribution in [0.4, 0.5) is 4.39 Å². The predicted molar refractivity (Wildman–Crippen MR) is 132 cm³/mol. The number of ether oxygens (including phenoxy) is 2. The highest BCUT2D eigenvalue weighted by molar-refractivity contribution is 6.31. The van der Waals surface area contributed by atoms with Crippen LogP contribution in [0, 0.1) is 12.7 Å². The smallest absolute Gasteiger partial charge is 0.232 e. The first-order valence-corrected chi connectivity index (χ1v) is 11.2. The van der Waals surface area contributed by atoms with Gasteiger partial charge in [-0.2, -0.15) is 0 Å². The normalized spacial score (nSPS) is 13.6. The van der Waals surface area contributed by atoms with Gasteiger partial charge in [0.1, 0.15) is 23.9 Å². The van der Waals surface area contributed by atoms with Gasteiger partial charge in [0.05, 0.1) is 10.6 Å². The van der Waals surface area contributed by atoms with Crippen LogP contribution >= 0.6 is 11.6 Å². The second kappa shape index (κ2) is 9.16. The van der Waals surface area contributed by atoms with Crippen molar-refractivity contribution in [2.45, 2.75) is 13.5 Å². The van der Waals surface area contributed by atoms with Crippen LogP contribution in [0.15, 0.2) is 90.7 Å². The van der Waals surface area contributed by atoms with Crippen molar-refractivity contribution >= 4 is 23.5 Å². The van der Waals surface area contributed by atoms with Crippen molar-refractivity contribution in [2.24, 2.45) is 0 Å². The van der Waals surface area contributed by atoms with Gasteiger partial charge in [0.25, 0.3) is 0 Å². The van der Waals surface area contributed by atoms with Gasteiger partial charge in [-0.3, -0.25) is 4.79 Å². The van der Waals surface area contributed by atoms with Crippen molar-refractivity contribution in [1.82, 2.24) is 0 Å². The van der Waals surface area contributed by atoms with Crippen molar-refractivity contribution in [1.29, 1.82) is 0 Å². The maximum Gasteiger partial charge on any atom is 0.232 e. The molecule has 0 aromatic heterocycles. The monoisotopic (exact) mass is 470 g/mol. The van der Waals surface area contributed by atoms with Gasteiger partial charge >= 0.3 is 0 Å². The second-order valence-corrected chi connectivity index (χ2v) is 8.44. The van der Waals surface area contributed by atoms with Crippen LogP contribution in [-0.4, -0.2) is 5.78 Å². The Morgan fingerprint density at radius 3 is 2.41 bits per heavy atom. The Morgan fingerprint density at radius 2 is 1.68 bits per heavy atom. The van der Waals surface area contributed by atoms with Crippen LogP contribution in [0.25, 0.3) is 17.2 Å². The lowest BCUT2D eigenvalue weighted by Crippen LogP contribution is -2.01. The molecule has 0 atom stereocenters. The molecule has 1 heterocycles. The number of fused-ring (bicyclic) bond motifs is 1. The topological polar surface area (TPSA) is 35.5 Å². The number of benzene rings is 4. The number of hydrogen-bond donors (Lipinski definition) is 0. The number of rotatable bonds is 5. The van der Waals surface area contributed by atoms with Gasteiger partial charge in [-0.15, -0.1) is 0 Å². The first kappa shape index (κ1) is 21.9. The van der Waals surface area contributed by atoms with Gasteiger partial charge in [-0.25, -0.2) is 4.39 Å². The molecule has 0 bridgehead atoms. The molecule has 0 spiro atoms.